The van der Waals surface area contributed by atoms with Gasteiger partial charge in [-0.25, -0.2) is 4.98 Å². The van der Waals surface area contributed by atoms with Gasteiger partial charge in [0.05, 0.1) is 30.3 Å². The Balaban J connectivity index is 1.67. The lowest BCUT2D eigenvalue weighted by molar-refractivity contribution is -0.120. The molecule has 0 aliphatic rings. The lowest BCUT2D eigenvalue weighted by atomic mass is 10.0. The van der Waals surface area contributed by atoms with Gasteiger partial charge in [-0.2, -0.15) is 0 Å². The van der Waals surface area contributed by atoms with Crippen molar-refractivity contribution in [3.63, 3.8) is 0 Å². The van der Waals surface area contributed by atoms with Crippen molar-refractivity contribution in [3.8, 4) is 5.75 Å². The minimum atomic E-state index is -0.141. The molecular formula is C19H18N2O3S. The van der Waals surface area contributed by atoms with Crippen molar-refractivity contribution in [1.82, 2.24) is 10.3 Å². The van der Waals surface area contributed by atoms with Crippen molar-refractivity contribution in [3.05, 3.63) is 58.6 Å². The molecule has 1 heterocycles. The van der Waals surface area contributed by atoms with Crippen molar-refractivity contribution < 1.29 is 14.3 Å². The van der Waals surface area contributed by atoms with Crippen molar-refractivity contribution in [1.29, 1.82) is 0 Å². The van der Waals surface area contributed by atoms with Gasteiger partial charge in [-0.15, -0.1) is 11.3 Å². The van der Waals surface area contributed by atoms with Gasteiger partial charge in [0.25, 0.3) is 0 Å². The van der Waals surface area contributed by atoms with Crippen molar-refractivity contribution in [2.45, 2.75) is 19.9 Å². The molecule has 0 bridgehead atoms. The van der Waals surface area contributed by atoms with E-state index >= 15 is 0 Å². The number of carbonyl (C=O) groups excluding carboxylic acids is 2. The maximum atomic E-state index is 12.3. The molecule has 6 heteroatoms. The highest BCUT2D eigenvalue weighted by atomic mass is 32.1. The van der Waals surface area contributed by atoms with E-state index in [0.29, 0.717) is 23.4 Å². The second-order valence-electron chi connectivity index (χ2n) is 5.61. The van der Waals surface area contributed by atoms with Gasteiger partial charge in [-0.05, 0) is 37.3 Å². The Morgan fingerprint density at radius 1 is 1.20 bits per heavy atom. The van der Waals surface area contributed by atoms with Crippen LogP contribution in [0.15, 0.2) is 42.5 Å². The molecule has 128 valence electrons. The van der Waals surface area contributed by atoms with E-state index in [2.05, 4.69) is 10.3 Å². The normalized spacial score (nSPS) is 10.6. The highest BCUT2D eigenvalue weighted by Crippen LogP contribution is 2.22. The molecule has 0 saturated carbocycles. The lowest BCUT2D eigenvalue weighted by Gasteiger charge is -2.10. The minimum Gasteiger partial charge on any atom is -0.496 e. The summed E-state index contributed by atoms with van der Waals surface area (Å²) in [5.74, 6) is 0.414. The summed E-state index contributed by atoms with van der Waals surface area (Å²) in [5, 5.41) is 3.74. The van der Waals surface area contributed by atoms with E-state index in [1.54, 1.807) is 36.6 Å². The summed E-state index contributed by atoms with van der Waals surface area (Å²) < 4.78 is 6.38. The number of rotatable bonds is 6. The first kappa shape index (κ1) is 17.1. The summed E-state index contributed by atoms with van der Waals surface area (Å²) in [6.07, 6.45) is 0.148. The van der Waals surface area contributed by atoms with Gasteiger partial charge >= 0.3 is 0 Å². The molecular weight excluding hydrogens is 336 g/mol. The largest absolute Gasteiger partial charge is 0.496 e. The van der Waals surface area contributed by atoms with E-state index in [0.717, 1.165) is 15.2 Å². The zero-order valence-corrected chi connectivity index (χ0v) is 14.9. The number of amides is 1. The van der Waals surface area contributed by atoms with Crippen LogP contribution in [0.25, 0.3) is 10.2 Å². The smallest absolute Gasteiger partial charge is 0.224 e. The Labute approximate surface area is 149 Å². The number of thiazole rings is 1. The Hall–Kier alpha value is -2.73. The van der Waals surface area contributed by atoms with Crippen molar-refractivity contribution in [2.24, 2.45) is 0 Å². The fraction of sp³-hybridized carbons (Fsp3) is 0.211. The number of benzene rings is 2. The zero-order chi connectivity index (χ0) is 17.8. The highest BCUT2D eigenvalue weighted by Gasteiger charge is 2.12. The number of aromatic nitrogens is 1. The second kappa shape index (κ2) is 7.44. The highest BCUT2D eigenvalue weighted by molar-refractivity contribution is 7.18. The van der Waals surface area contributed by atoms with Crippen LogP contribution in [-0.4, -0.2) is 23.8 Å². The minimum absolute atomic E-state index is 0.0428. The molecule has 0 saturated heterocycles. The SMILES string of the molecule is COc1ccc(C(C)=O)cc1CC(=O)NCc1nc2ccccc2s1. The number of carbonyl (C=O) groups is 2. The van der Waals surface area contributed by atoms with Gasteiger partial charge in [0.1, 0.15) is 10.8 Å². The molecule has 0 radical (unpaired) electrons. The van der Waals surface area contributed by atoms with Crippen LogP contribution in [0.1, 0.15) is 27.9 Å². The Kier molecular flexibility index (Phi) is 5.09. The molecule has 3 rings (SSSR count). The summed E-state index contributed by atoms with van der Waals surface area (Å²) in [6, 6.07) is 13.0. The van der Waals surface area contributed by atoms with Gasteiger partial charge in [0.2, 0.25) is 5.91 Å². The number of hydrogen-bond acceptors (Lipinski definition) is 5. The summed E-state index contributed by atoms with van der Waals surface area (Å²) >= 11 is 1.56. The van der Waals surface area contributed by atoms with E-state index in [1.807, 2.05) is 24.3 Å². The van der Waals surface area contributed by atoms with Crippen LogP contribution in [-0.2, 0) is 17.8 Å². The number of fused-ring (bicyclic) bond motifs is 1. The van der Waals surface area contributed by atoms with E-state index in [4.69, 9.17) is 4.74 Å². The fourth-order valence-corrected chi connectivity index (χ4v) is 3.45. The van der Waals surface area contributed by atoms with Crippen LogP contribution in [0.5, 0.6) is 5.75 Å². The maximum absolute atomic E-state index is 12.3. The summed E-state index contributed by atoms with van der Waals surface area (Å²) in [6.45, 7) is 1.88. The average Bonchev–Trinajstić information content (AvgIpc) is 3.03. The van der Waals surface area contributed by atoms with E-state index in [-0.39, 0.29) is 18.1 Å². The van der Waals surface area contributed by atoms with Gasteiger partial charge < -0.3 is 10.1 Å². The second-order valence-corrected chi connectivity index (χ2v) is 6.73. The number of hydrogen-bond donors (Lipinski definition) is 1. The maximum Gasteiger partial charge on any atom is 0.224 e. The Morgan fingerprint density at radius 3 is 2.72 bits per heavy atom. The van der Waals surface area contributed by atoms with Crippen LogP contribution in [0, 0.1) is 0 Å². The first-order valence-corrected chi connectivity index (χ1v) is 8.67. The van der Waals surface area contributed by atoms with Gasteiger partial charge in [0, 0.05) is 11.1 Å². The van der Waals surface area contributed by atoms with Crippen molar-refractivity contribution >= 4 is 33.2 Å². The number of ether oxygens (including phenoxy) is 1. The zero-order valence-electron chi connectivity index (χ0n) is 14.0. The molecule has 5 nitrogen and oxygen atoms in total. The number of Topliss-reactive ketones (excluding diaryl/α,β-unsaturated/α-hetero) is 1. The summed E-state index contributed by atoms with van der Waals surface area (Å²) in [4.78, 5) is 28.3. The molecule has 1 amide bonds. The molecule has 1 N–H and O–H groups in total. The molecule has 0 atom stereocenters. The van der Waals surface area contributed by atoms with Crippen LogP contribution in [0.4, 0.5) is 0 Å². The standard InChI is InChI=1S/C19H18N2O3S/c1-12(22)13-7-8-16(24-2)14(9-13)10-18(23)20-11-19-21-15-5-3-4-6-17(15)25-19/h3-9H,10-11H2,1-2H3,(H,20,23). The number of methoxy groups -OCH3 is 1. The monoisotopic (exact) mass is 354 g/mol. The molecule has 0 fully saturated rings. The predicted octanol–water partition coefficient (Wildman–Crippen LogP) is 3.37. The van der Waals surface area contributed by atoms with Crippen LogP contribution < -0.4 is 10.1 Å². The van der Waals surface area contributed by atoms with Gasteiger partial charge in [0.15, 0.2) is 5.78 Å². The van der Waals surface area contributed by atoms with Crippen LogP contribution >= 0.6 is 11.3 Å². The molecule has 25 heavy (non-hydrogen) atoms. The Bertz CT molecular complexity index is 900. The summed E-state index contributed by atoms with van der Waals surface area (Å²) in [7, 11) is 1.55. The van der Waals surface area contributed by atoms with Gasteiger partial charge in [-0.1, -0.05) is 12.1 Å². The van der Waals surface area contributed by atoms with Crippen LogP contribution in [0.2, 0.25) is 0 Å². The molecule has 0 aliphatic carbocycles. The number of ketones is 1. The van der Waals surface area contributed by atoms with E-state index < -0.39 is 0 Å². The van der Waals surface area contributed by atoms with Crippen molar-refractivity contribution in [2.75, 3.05) is 7.11 Å². The van der Waals surface area contributed by atoms with E-state index in [9.17, 15) is 9.59 Å². The first-order chi connectivity index (χ1) is 12.1. The molecule has 1 aromatic heterocycles. The number of nitrogens with one attached hydrogen (secondary N) is 1. The lowest BCUT2D eigenvalue weighted by Crippen LogP contribution is -2.24. The topological polar surface area (TPSA) is 68.3 Å². The third-order valence-electron chi connectivity index (χ3n) is 3.81. The quantitative estimate of drug-likeness (QED) is 0.689. The Morgan fingerprint density at radius 2 is 2.00 bits per heavy atom. The first-order valence-electron chi connectivity index (χ1n) is 7.86. The fourth-order valence-electron chi connectivity index (χ4n) is 2.54. The molecule has 0 unspecified atom stereocenters. The van der Waals surface area contributed by atoms with Crippen LogP contribution in [0.3, 0.4) is 0 Å². The average molecular weight is 354 g/mol. The van der Waals surface area contributed by atoms with Gasteiger partial charge in [-0.3, -0.25) is 9.59 Å². The molecule has 3 aromatic rings. The van der Waals surface area contributed by atoms with E-state index in [1.165, 1.54) is 6.92 Å². The third-order valence-corrected chi connectivity index (χ3v) is 4.85. The molecule has 0 aliphatic heterocycles. The number of nitrogens with zero attached hydrogens (tertiary/aromatic N) is 1. The third kappa shape index (κ3) is 4.03. The molecule has 2 aromatic carbocycles. The number of para-hydroxylation sites is 1. The summed E-state index contributed by atoms with van der Waals surface area (Å²) in [5.41, 5.74) is 2.19. The predicted molar refractivity (Wildman–Crippen MR) is 98.2 cm³/mol. The molecule has 0 spiro atoms.